The van der Waals surface area contributed by atoms with E-state index in [9.17, 15) is 9.59 Å². The molecule has 3 aliphatic rings. The Balaban J connectivity index is 0.00000256. The summed E-state index contributed by atoms with van der Waals surface area (Å²) in [6.07, 6.45) is 7.54. The van der Waals surface area contributed by atoms with E-state index >= 15 is 0 Å². The molecule has 2 amide bonds. The molecule has 1 spiro atoms. The highest BCUT2D eigenvalue weighted by molar-refractivity contribution is 6.33. The fraction of sp³-hybridized carbons (Fsp3) is 0.652. The maximum atomic E-state index is 12.5. The first-order valence-corrected chi connectivity index (χ1v) is 11.5. The summed E-state index contributed by atoms with van der Waals surface area (Å²) in [5, 5.41) is 0.816. The lowest BCUT2D eigenvalue weighted by Gasteiger charge is -2.38. The highest BCUT2D eigenvalue weighted by Gasteiger charge is 2.44. The van der Waals surface area contributed by atoms with Gasteiger partial charge < -0.3 is 4.90 Å². The van der Waals surface area contributed by atoms with Crippen LogP contribution >= 0.6 is 24.0 Å². The molecule has 0 radical (unpaired) electrons. The van der Waals surface area contributed by atoms with Gasteiger partial charge in [0, 0.05) is 45.6 Å². The van der Waals surface area contributed by atoms with Crippen molar-refractivity contribution in [1.29, 1.82) is 0 Å². The van der Waals surface area contributed by atoms with Crippen LogP contribution in [0.5, 0.6) is 0 Å². The molecule has 0 N–H and O–H groups in total. The van der Waals surface area contributed by atoms with Gasteiger partial charge in [-0.3, -0.25) is 19.4 Å². The largest absolute Gasteiger partial charge is 0.368 e. The maximum absolute atomic E-state index is 12.5. The van der Waals surface area contributed by atoms with Gasteiger partial charge in [0.2, 0.25) is 11.8 Å². The molecule has 4 rings (SSSR count). The number of anilines is 1. The van der Waals surface area contributed by atoms with Gasteiger partial charge in [0.1, 0.15) is 0 Å². The van der Waals surface area contributed by atoms with Crippen molar-refractivity contribution in [2.24, 2.45) is 5.41 Å². The predicted molar refractivity (Wildman–Crippen MR) is 123 cm³/mol. The van der Waals surface area contributed by atoms with Crippen molar-refractivity contribution in [1.82, 2.24) is 9.80 Å². The summed E-state index contributed by atoms with van der Waals surface area (Å²) in [5.41, 5.74) is 1.13. The van der Waals surface area contributed by atoms with Gasteiger partial charge in [-0.05, 0) is 49.8 Å². The van der Waals surface area contributed by atoms with Crippen LogP contribution in [0.3, 0.4) is 0 Å². The maximum Gasteiger partial charge on any atom is 0.229 e. The van der Waals surface area contributed by atoms with Gasteiger partial charge in [0.15, 0.2) is 0 Å². The molecule has 0 unspecified atom stereocenters. The van der Waals surface area contributed by atoms with E-state index in [1.54, 1.807) is 4.90 Å². The highest BCUT2D eigenvalue weighted by Crippen LogP contribution is 2.46. The highest BCUT2D eigenvalue weighted by atomic mass is 35.5. The van der Waals surface area contributed by atoms with Gasteiger partial charge in [-0.25, -0.2) is 0 Å². The number of amides is 2. The average molecular weight is 454 g/mol. The molecule has 3 fully saturated rings. The molecule has 2 saturated heterocycles. The summed E-state index contributed by atoms with van der Waals surface area (Å²) in [7, 11) is 0. The van der Waals surface area contributed by atoms with Gasteiger partial charge in [-0.2, -0.15) is 0 Å². The van der Waals surface area contributed by atoms with Crippen LogP contribution in [0.15, 0.2) is 24.3 Å². The van der Waals surface area contributed by atoms with E-state index in [1.165, 1.54) is 12.8 Å². The quantitative estimate of drug-likeness (QED) is 0.473. The minimum Gasteiger partial charge on any atom is -0.368 e. The number of hydrogen-bond acceptors (Lipinski definition) is 4. The van der Waals surface area contributed by atoms with Crippen molar-refractivity contribution in [2.45, 2.75) is 51.4 Å². The van der Waals surface area contributed by atoms with E-state index in [0.717, 1.165) is 69.1 Å². The number of piperazine rings is 1. The predicted octanol–water partition coefficient (Wildman–Crippen LogP) is 4.37. The smallest absolute Gasteiger partial charge is 0.229 e. The van der Waals surface area contributed by atoms with E-state index in [4.69, 9.17) is 11.6 Å². The van der Waals surface area contributed by atoms with Gasteiger partial charge in [0.25, 0.3) is 0 Å². The van der Waals surface area contributed by atoms with E-state index in [-0.39, 0.29) is 29.6 Å². The second kappa shape index (κ2) is 10.3. The molecule has 5 nitrogen and oxygen atoms in total. The van der Waals surface area contributed by atoms with Gasteiger partial charge in [0.05, 0.1) is 10.7 Å². The molecule has 1 aromatic carbocycles. The van der Waals surface area contributed by atoms with Crippen molar-refractivity contribution in [3.8, 4) is 0 Å². The van der Waals surface area contributed by atoms with E-state index < -0.39 is 0 Å². The number of nitrogens with zero attached hydrogens (tertiary/aromatic N) is 3. The van der Waals surface area contributed by atoms with Crippen LogP contribution in [-0.4, -0.2) is 60.9 Å². The zero-order valence-electron chi connectivity index (χ0n) is 17.7. The molecule has 0 bridgehead atoms. The second-order valence-electron chi connectivity index (χ2n) is 8.99. The average Bonchev–Trinajstić information content (AvgIpc) is 3.15. The molecular formula is C23H33Cl2N3O2. The Morgan fingerprint density at radius 1 is 0.867 bits per heavy atom. The van der Waals surface area contributed by atoms with Gasteiger partial charge in [-0.1, -0.05) is 36.6 Å². The second-order valence-corrected chi connectivity index (χ2v) is 9.39. The molecule has 1 aromatic rings. The topological polar surface area (TPSA) is 43.9 Å². The molecular weight excluding hydrogens is 421 g/mol. The molecule has 0 atom stereocenters. The Labute approximate surface area is 191 Å². The summed E-state index contributed by atoms with van der Waals surface area (Å²) in [5.74, 6) is 0.132. The Morgan fingerprint density at radius 2 is 1.47 bits per heavy atom. The molecule has 2 aliphatic heterocycles. The number of carbonyl (C=O) groups is 2. The number of piperidine rings is 1. The van der Waals surface area contributed by atoms with E-state index in [1.807, 2.05) is 18.2 Å². The van der Waals surface area contributed by atoms with Crippen molar-refractivity contribution >= 4 is 41.5 Å². The first kappa shape index (κ1) is 23.4. The Bertz CT molecular complexity index is 724. The normalized spacial score (nSPS) is 21.9. The van der Waals surface area contributed by atoms with Gasteiger partial charge >= 0.3 is 0 Å². The van der Waals surface area contributed by atoms with E-state index in [2.05, 4.69) is 15.9 Å². The third kappa shape index (κ3) is 5.30. The third-order valence-corrected chi connectivity index (χ3v) is 7.31. The Hall–Kier alpha value is -1.30. The number of likely N-dealkylation sites (tertiary alicyclic amines) is 1. The molecule has 1 saturated carbocycles. The van der Waals surface area contributed by atoms with Crippen molar-refractivity contribution in [2.75, 3.05) is 44.2 Å². The number of imide groups is 1. The number of unbranched alkanes of at least 4 members (excludes halogenated alkanes) is 1. The monoisotopic (exact) mass is 453 g/mol. The first-order chi connectivity index (χ1) is 14.1. The van der Waals surface area contributed by atoms with Crippen LogP contribution in [0.2, 0.25) is 5.02 Å². The summed E-state index contributed by atoms with van der Waals surface area (Å²) < 4.78 is 0. The number of rotatable bonds is 6. The zero-order valence-corrected chi connectivity index (χ0v) is 19.2. The number of benzene rings is 1. The SMILES string of the molecule is Cl.O=C1CC2(CCCC2)CC(=O)N1CCCCN1CCN(c2ccccc2Cl)CC1. The van der Waals surface area contributed by atoms with Crippen LogP contribution in [0, 0.1) is 5.41 Å². The lowest BCUT2D eigenvalue weighted by molar-refractivity contribution is -0.153. The lowest BCUT2D eigenvalue weighted by Crippen LogP contribution is -2.48. The first-order valence-electron chi connectivity index (χ1n) is 11.1. The fourth-order valence-electron chi connectivity index (χ4n) is 5.29. The minimum absolute atomic E-state index is 0. The van der Waals surface area contributed by atoms with Crippen LogP contribution in [0.1, 0.15) is 51.4 Å². The van der Waals surface area contributed by atoms with Crippen molar-refractivity contribution in [3.05, 3.63) is 29.3 Å². The Kier molecular flexibility index (Phi) is 8.05. The molecule has 1 aliphatic carbocycles. The summed E-state index contributed by atoms with van der Waals surface area (Å²) in [6.45, 7) is 5.62. The lowest BCUT2D eigenvalue weighted by atomic mass is 9.76. The molecule has 0 aromatic heterocycles. The molecule has 2 heterocycles. The third-order valence-electron chi connectivity index (χ3n) is 6.99. The summed E-state index contributed by atoms with van der Waals surface area (Å²) in [4.78, 5) is 31.4. The summed E-state index contributed by atoms with van der Waals surface area (Å²) in [6, 6.07) is 8.03. The summed E-state index contributed by atoms with van der Waals surface area (Å²) >= 11 is 6.32. The number of hydrogen-bond donors (Lipinski definition) is 0. The van der Waals surface area contributed by atoms with Crippen LogP contribution in [0.25, 0.3) is 0 Å². The molecule has 30 heavy (non-hydrogen) atoms. The molecule has 7 heteroatoms. The molecule has 166 valence electrons. The minimum atomic E-state index is 0. The fourth-order valence-corrected chi connectivity index (χ4v) is 5.54. The number of carbonyl (C=O) groups excluding carboxylic acids is 2. The zero-order chi connectivity index (χ0) is 20.3. The Morgan fingerprint density at radius 3 is 2.10 bits per heavy atom. The van der Waals surface area contributed by atoms with Crippen molar-refractivity contribution in [3.63, 3.8) is 0 Å². The van der Waals surface area contributed by atoms with Crippen molar-refractivity contribution < 1.29 is 9.59 Å². The van der Waals surface area contributed by atoms with Crippen LogP contribution in [0.4, 0.5) is 5.69 Å². The standard InChI is InChI=1S/C23H32ClN3O2.ClH/c24-19-7-1-2-8-20(19)26-15-13-25(14-16-26)11-5-6-12-27-21(28)17-23(18-22(27)29)9-3-4-10-23;/h1-2,7-8H,3-6,9-18H2;1H. The number of halogens is 2. The van der Waals surface area contributed by atoms with E-state index in [0.29, 0.717) is 19.4 Å². The van der Waals surface area contributed by atoms with Gasteiger partial charge in [-0.15, -0.1) is 12.4 Å². The van der Waals surface area contributed by atoms with Crippen LogP contribution in [-0.2, 0) is 9.59 Å². The number of para-hydroxylation sites is 1. The van der Waals surface area contributed by atoms with Crippen LogP contribution < -0.4 is 4.90 Å².